The van der Waals surface area contributed by atoms with Gasteiger partial charge in [-0.3, -0.25) is 0 Å². The molecule has 1 aromatic rings. The number of aryl methyl sites for hydroxylation is 1. The molecule has 0 aromatic carbocycles. The number of hydrogen-bond donors (Lipinski definition) is 0. The summed E-state index contributed by atoms with van der Waals surface area (Å²) in [6, 6.07) is 4.23. The van der Waals surface area contributed by atoms with Gasteiger partial charge in [0.1, 0.15) is 0 Å². The van der Waals surface area contributed by atoms with Gasteiger partial charge in [0.05, 0.1) is 0 Å². The van der Waals surface area contributed by atoms with Crippen LogP contribution >= 0.6 is 0 Å². The first kappa shape index (κ1) is 7.36. The minimum Gasteiger partial charge on any atom is -0.384 e. The topological polar surface area (TPSA) is 4.93 Å². The summed E-state index contributed by atoms with van der Waals surface area (Å²) in [5.41, 5.74) is 1.38. The second kappa shape index (κ2) is 2.89. The molecule has 0 atom stereocenters. The Morgan fingerprint density at radius 1 is 1.56 bits per heavy atom. The normalized spacial score (nSPS) is 13.8. The van der Waals surface area contributed by atoms with Crippen LogP contribution in [-0.4, -0.2) is 4.57 Å². The van der Waals surface area contributed by atoms with E-state index in [-0.39, 0.29) is 32.7 Å². The molecule has 1 radical (unpaired) electrons. The van der Waals surface area contributed by atoms with Crippen LogP contribution in [-0.2, 0) is 39.3 Å². The Bertz CT molecular complexity index is 174. The molecule has 2 rings (SSSR count). The molecule has 0 saturated carbocycles. The molecule has 9 heavy (non-hydrogen) atoms. The molecule has 1 aromatic heterocycles. The second-order valence-corrected chi connectivity index (χ2v) is 2.12. The summed E-state index contributed by atoms with van der Waals surface area (Å²) in [6.07, 6.45) is 5.61. The molecule has 0 unspecified atom stereocenters. The Morgan fingerprint density at radius 3 is 3.22 bits per heavy atom. The molecule has 0 N–H and O–H groups in total. The van der Waals surface area contributed by atoms with Crippen molar-refractivity contribution in [2.45, 2.75) is 13.0 Å². The summed E-state index contributed by atoms with van der Waals surface area (Å²) >= 11 is 0. The maximum Gasteiger partial charge on any atom is 0.00740 e. The first-order chi connectivity index (χ1) is 3.97. The van der Waals surface area contributed by atoms with Gasteiger partial charge in [-0.2, -0.15) is 6.07 Å². The van der Waals surface area contributed by atoms with Gasteiger partial charge in [0.15, 0.2) is 0 Å². The molecule has 0 saturated heterocycles. The average molecular weight is 195 g/mol. The quantitative estimate of drug-likeness (QED) is 0.552. The van der Waals surface area contributed by atoms with Gasteiger partial charge < -0.3 is 4.57 Å². The van der Waals surface area contributed by atoms with Gasteiger partial charge in [0.2, 0.25) is 0 Å². The van der Waals surface area contributed by atoms with E-state index >= 15 is 0 Å². The molecule has 0 bridgehead atoms. The maximum absolute atomic E-state index is 2.26. The van der Waals surface area contributed by atoms with Crippen molar-refractivity contribution in [1.29, 1.82) is 0 Å². The number of hydrogen-bond acceptors (Lipinski definition) is 0. The summed E-state index contributed by atoms with van der Waals surface area (Å²) < 4.78 is 2.26. The van der Waals surface area contributed by atoms with Crippen molar-refractivity contribution >= 4 is 0 Å². The zero-order valence-electron chi connectivity index (χ0n) is 5.25. The van der Waals surface area contributed by atoms with E-state index in [1.54, 1.807) is 0 Å². The van der Waals surface area contributed by atoms with Crippen LogP contribution in [0.25, 0.3) is 0 Å². The Hall–Kier alpha value is 0.254. The monoisotopic (exact) mass is 195 g/mol. The number of aromatic nitrogens is 1. The van der Waals surface area contributed by atoms with E-state index in [1.807, 2.05) is 0 Å². The Balaban J connectivity index is 0.000000405. The summed E-state index contributed by atoms with van der Waals surface area (Å²) in [5.74, 6) is 0. The van der Waals surface area contributed by atoms with Crippen LogP contribution in [0.4, 0.5) is 0 Å². The van der Waals surface area contributed by atoms with Gasteiger partial charge in [0, 0.05) is 39.3 Å². The zero-order chi connectivity index (χ0) is 5.40. The van der Waals surface area contributed by atoms with Crippen molar-refractivity contribution < 1.29 is 32.7 Å². The number of rotatable bonds is 0. The summed E-state index contributed by atoms with van der Waals surface area (Å²) in [6.45, 7) is 1.18. The molecule has 1 nitrogen and oxygen atoms in total. The van der Waals surface area contributed by atoms with E-state index in [0.717, 1.165) is 0 Å². The fourth-order valence-electron chi connectivity index (χ4n) is 1.17. The molecule has 2 heterocycles. The molecular weight excluding hydrogens is 187 g/mol. The van der Waals surface area contributed by atoms with Crippen molar-refractivity contribution in [3.63, 3.8) is 0 Å². The van der Waals surface area contributed by atoms with Gasteiger partial charge in [-0.15, -0.1) is 11.8 Å². The van der Waals surface area contributed by atoms with Gasteiger partial charge in [-0.25, -0.2) is 6.42 Å². The fourth-order valence-corrected chi connectivity index (χ4v) is 1.17. The first-order valence-electron chi connectivity index (χ1n) is 2.95. The predicted molar refractivity (Wildman–Crippen MR) is 32.5 cm³/mol. The van der Waals surface area contributed by atoms with E-state index in [4.69, 9.17) is 0 Å². The minimum absolute atomic E-state index is 0. The molecule has 45 valence electrons. The van der Waals surface area contributed by atoms with Crippen molar-refractivity contribution in [2.24, 2.45) is 0 Å². The fraction of sp³-hybridized carbons (Fsp3) is 0.286. The number of nitrogens with zero attached hydrogens (tertiary/aromatic N) is 1. The number of fused-ring (bicyclic) bond motifs is 1. The largest absolute Gasteiger partial charge is 0.384 e. The van der Waals surface area contributed by atoms with Crippen LogP contribution in [0.3, 0.4) is 0 Å². The predicted octanol–water partition coefficient (Wildman–Crippen LogP) is 1.44. The SMILES string of the molecule is [Y].c1cc2n(c1)CC[CH-]2. The van der Waals surface area contributed by atoms with Crippen LogP contribution < -0.4 is 0 Å². The molecule has 1 aliphatic heterocycles. The van der Waals surface area contributed by atoms with Gasteiger partial charge in [-0.05, 0) is 6.20 Å². The second-order valence-electron chi connectivity index (χ2n) is 2.12. The summed E-state index contributed by atoms with van der Waals surface area (Å²) in [7, 11) is 0. The standard InChI is InChI=1S/C7H8N.Y/c1-3-7-4-2-6-8(7)5-1;/h1,3-5H,2,6H2;/q-1;. The molecule has 0 spiro atoms. The Morgan fingerprint density at radius 2 is 2.44 bits per heavy atom. The van der Waals surface area contributed by atoms with Crippen LogP contribution in [0, 0.1) is 6.42 Å². The van der Waals surface area contributed by atoms with Crippen molar-refractivity contribution in [1.82, 2.24) is 4.57 Å². The zero-order valence-corrected chi connectivity index (χ0v) is 8.09. The third-order valence-corrected chi connectivity index (χ3v) is 1.59. The van der Waals surface area contributed by atoms with Crippen LogP contribution in [0.2, 0.25) is 0 Å². The smallest absolute Gasteiger partial charge is 0.00740 e. The molecule has 1 aliphatic rings. The van der Waals surface area contributed by atoms with E-state index < -0.39 is 0 Å². The van der Waals surface area contributed by atoms with Crippen molar-refractivity contribution in [3.8, 4) is 0 Å². The average Bonchev–Trinajstić information content (AvgIpc) is 2.15. The Kier molecular flexibility index (Phi) is 2.37. The summed E-state index contributed by atoms with van der Waals surface area (Å²) in [5, 5.41) is 0. The van der Waals surface area contributed by atoms with Crippen molar-refractivity contribution in [3.05, 3.63) is 30.4 Å². The van der Waals surface area contributed by atoms with Crippen LogP contribution in [0.5, 0.6) is 0 Å². The minimum atomic E-state index is 0. The van der Waals surface area contributed by atoms with E-state index in [9.17, 15) is 0 Å². The van der Waals surface area contributed by atoms with Gasteiger partial charge in [-0.1, -0.05) is 6.42 Å². The molecular formula is C7H8NY-. The van der Waals surface area contributed by atoms with Gasteiger partial charge >= 0.3 is 0 Å². The molecule has 0 amide bonds. The third kappa shape index (κ3) is 1.22. The van der Waals surface area contributed by atoms with Crippen LogP contribution in [0.1, 0.15) is 12.1 Å². The molecule has 0 fully saturated rings. The molecule has 2 heteroatoms. The Labute approximate surface area is 80.3 Å². The maximum atomic E-state index is 2.26. The van der Waals surface area contributed by atoms with Crippen LogP contribution in [0.15, 0.2) is 18.3 Å². The van der Waals surface area contributed by atoms with E-state index in [0.29, 0.717) is 0 Å². The van der Waals surface area contributed by atoms with Crippen molar-refractivity contribution in [2.75, 3.05) is 0 Å². The summed E-state index contributed by atoms with van der Waals surface area (Å²) in [4.78, 5) is 0. The first-order valence-corrected chi connectivity index (χ1v) is 2.95. The van der Waals surface area contributed by atoms with E-state index in [1.165, 1.54) is 18.7 Å². The van der Waals surface area contributed by atoms with E-state index in [2.05, 4.69) is 29.3 Å². The third-order valence-electron chi connectivity index (χ3n) is 1.59. The van der Waals surface area contributed by atoms with Gasteiger partial charge in [0.25, 0.3) is 0 Å². The molecule has 0 aliphatic carbocycles.